The SMILES string of the molecule is O=C(OCC1c2ccccc2-c2ccccc21)N1C2COCC1CC(O)(c1cncc(F)c1)C2. The van der Waals surface area contributed by atoms with Crippen LogP contribution in [0.2, 0.25) is 0 Å². The summed E-state index contributed by atoms with van der Waals surface area (Å²) in [5.74, 6) is -0.515. The molecule has 2 fully saturated rings. The topological polar surface area (TPSA) is 71.9 Å². The molecule has 174 valence electrons. The summed E-state index contributed by atoms with van der Waals surface area (Å²) >= 11 is 0. The quantitative estimate of drug-likeness (QED) is 0.634. The van der Waals surface area contributed by atoms with Gasteiger partial charge in [-0.25, -0.2) is 9.18 Å². The number of piperidine rings is 1. The van der Waals surface area contributed by atoms with Crippen molar-refractivity contribution >= 4 is 6.09 Å². The number of nitrogens with zero attached hydrogens (tertiary/aromatic N) is 2. The summed E-state index contributed by atoms with van der Waals surface area (Å²) in [5.41, 5.74) is 3.83. The van der Waals surface area contributed by atoms with Crippen molar-refractivity contribution in [3.05, 3.63) is 89.5 Å². The molecular weight excluding hydrogens is 435 g/mol. The van der Waals surface area contributed by atoms with Gasteiger partial charge in [-0.1, -0.05) is 48.5 Å². The Morgan fingerprint density at radius 3 is 2.29 bits per heavy atom. The van der Waals surface area contributed by atoms with Crippen LogP contribution in [0.4, 0.5) is 9.18 Å². The van der Waals surface area contributed by atoms with Crippen LogP contribution in [-0.4, -0.2) is 53.0 Å². The molecule has 3 aliphatic rings. The summed E-state index contributed by atoms with van der Waals surface area (Å²) in [6, 6.07) is 17.0. The fourth-order valence-corrected chi connectivity index (χ4v) is 5.85. The summed E-state index contributed by atoms with van der Waals surface area (Å²) in [7, 11) is 0. The molecule has 3 heterocycles. The van der Waals surface area contributed by atoms with Gasteiger partial charge in [0.2, 0.25) is 0 Å². The van der Waals surface area contributed by atoms with E-state index >= 15 is 0 Å². The molecule has 2 aliphatic heterocycles. The molecule has 6 rings (SSSR count). The number of aromatic nitrogens is 1. The van der Waals surface area contributed by atoms with Crippen LogP contribution in [0.25, 0.3) is 11.1 Å². The first-order chi connectivity index (χ1) is 16.5. The Labute approximate surface area is 197 Å². The van der Waals surface area contributed by atoms with Gasteiger partial charge in [0.05, 0.1) is 37.1 Å². The molecule has 7 heteroatoms. The second-order valence-electron chi connectivity index (χ2n) is 9.39. The molecule has 1 amide bonds. The Hall–Kier alpha value is -3.29. The Morgan fingerprint density at radius 2 is 1.68 bits per heavy atom. The molecule has 1 N–H and O–H groups in total. The molecule has 0 saturated carbocycles. The van der Waals surface area contributed by atoms with E-state index in [1.165, 1.54) is 23.4 Å². The average molecular weight is 461 g/mol. The first-order valence-electron chi connectivity index (χ1n) is 11.6. The van der Waals surface area contributed by atoms with E-state index in [4.69, 9.17) is 9.47 Å². The van der Waals surface area contributed by atoms with Crippen molar-refractivity contribution in [2.24, 2.45) is 0 Å². The van der Waals surface area contributed by atoms with Gasteiger partial charge in [-0.3, -0.25) is 9.88 Å². The maximum Gasteiger partial charge on any atom is 0.410 e. The number of rotatable bonds is 3. The molecule has 0 radical (unpaired) electrons. The van der Waals surface area contributed by atoms with Crippen molar-refractivity contribution in [2.75, 3.05) is 19.8 Å². The number of amides is 1. The van der Waals surface area contributed by atoms with Crippen LogP contribution in [0.3, 0.4) is 0 Å². The Bertz CT molecular complexity index is 1190. The fourth-order valence-electron chi connectivity index (χ4n) is 5.85. The monoisotopic (exact) mass is 460 g/mol. The van der Waals surface area contributed by atoms with Crippen LogP contribution < -0.4 is 0 Å². The summed E-state index contributed by atoms with van der Waals surface area (Å²) in [6.45, 7) is 0.833. The number of morpholine rings is 1. The van der Waals surface area contributed by atoms with Gasteiger partial charge in [-0.2, -0.15) is 0 Å². The number of ether oxygens (including phenoxy) is 2. The third-order valence-corrected chi connectivity index (χ3v) is 7.34. The first-order valence-corrected chi connectivity index (χ1v) is 11.6. The Morgan fingerprint density at radius 1 is 1.06 bits per heavy atom. The minimum absolute atomic E-state index is 0.0208. The standard InChI is InChI=1S/C27H25FN2O4/c28-18-9-17(12-29-13-18)27(32)10-19-14-33-15-20(11-27)30(19)26(31)34-16-25-23-7-3-1-5-21(23)22-6-2-4-8-24(22)25/h1-9,12-13,19-20,25,32H,10-11,14-16H2. The highest BCUT2D eigenvalue weighted by atomic mass is 19.1. The van der Waals surface area contributed by atoms with E-state index in [1.54, 1.807) is 4.90 Å². The van der Waals surface area contributed by atoms with Gasteiger partial charge in [0, 0.05) is 30.5 Å². The zero-order valence-corrected chi connectivity index (χ0v) is 18.6. The van der Waals surface area contributed by atoms with Crippen molar-refractivity contribution in [3.63, 3.8) is 0 Å². The fraction of sp³-hybridized carbons (Fsp3) is 0.333. The number of pyridine rings is 1. The van der Waals surface area contributed by atoms with Crippen LogP contribution in [0.15, 0.2) is 67.0 Å². The molecular formula is C27H25FN2O4. The molecule has 0 spiro atoms. The normalized spacial score (nSPS) is 25.5. The van der Waals surface area contributed by atoms with Crippen molar-refractivity contribution in [2.45, 2.75) is 36.4 Å². The van der Waals surface area contributed by atoms with Crippen LogP contribution >= 0.6 is 0 Å². The number of hydrogen-bond acceptors (Lipinski definition) is 5. The predicted molar refractivity (Wildman–Crippen MR) is 123 cm³/mol. The lowest BCUT2D eigenvalue weighted by Gasteiger charge is -2.50. The number of fused-ring (bicyclic) bond motifs is 5. The molecule has 2 saturated heterocycles. The van der Waals surface area contributed by atoms with E-state index in [2.05, 4.69) is 29.2 Å². The van der Waals surface area contributed by atoms with Crippen molar-refractivity contribution < 1.29 is 23.8 Å². The van der Waals surface area contributed by atoms with Crippen molar-refractivity contribution in [1.82, 2.24) is 9.88 Å². The van der Waals surface area contributed by atoms with E-state index in [0.29, 0.717) is 18.8 Å². The summed E-state index contributed by atoms with van der Waals surface area (Å²) in [6.07, 6.45) is 2.67. The number of carbonyl (C=O) groups is 1. The third-order valence-electron chi connectivity index (χ3n) is 7.34. The summed E-state index contributed by atoms with van der Waals surface area (Å²) < 4.78 is 25.3. The molecule has 2 aromatic carbocycles. The van der Waals surface area contributed by atoms with Gasteiger partial charge >= 0.3 is 6.09 Å². The largest absolute Gasteiger partial charge is 0.448 e. The Kier molecular flexibility index (Phi) is 5.12. The lowest BCUT2D eigenvalue weighted by molar-refractivity contribution is -0.136. The second kappa shape index (κ2) is 8.18. The molecule has 2 bridgehead atoms. The van der Waals surface area contributed by atoms with Crippen LogP contribution in [-0.2, 0) is 15.1 Å². The molecule has 2 unspecified atom stereocenters. The van der Waals surface area contributed by atoms with Crippen LogP contribution in [0.1, 0.15) is 35.4 Å². The lowest BCUT2D eigenvalue weighted by Crippen LogP contribution is -2.62. The van der Waals surface area contributed by atoms with Gasteiger partial charge in [0.25, 0.3) is 0 Å². The van der Waals surface area contributed by atoms with Crippen LogP contribution in [0.5, 0.6) is 0 Å². The zero-order valence-electron chi connectivity index (χ0n) is 18.6. The number of carbonyl (C=O) groups excluding carboxylic acids is 1. The minimum atomic E-state index is -1.27. The number of aliphatic hydroxyl groups is 1. The van der Waals surface area contributed by atoms with Gasteiger partial charge < -0.3 is 14.6 Å². The molecule has 1 aromatic heterocycles. The van der Waals surface area contributed by atoms with Crippen molar-refractivity contribution in [1.29, 1.82) is 0 Å². The Balaban J connectivity index is 1.21. The van der Waals surface area contributed by atoms with Crippen molar-refractivity contribution in [3.8, 4) is 11.1 Å². The highest BCUT2D eigenvalue weighted by molar-refractivity contribution is 5.79. The molecule has 2 atom stereocenters. The smallest absolute Gasteiger partial charge is 0.410 e. The van der Waals surface area contributed by atoms with E-state index in [1.807, 2.05) is 24.3 Å². The van der Waals surface area contributed by atoms with E-state index in [0.717, 1.165) is 17.3 Å². The summed E-state index contributed by atoms with van der Waals surface area (Å²) in [4.78, 5) is 18.9. The van der Waals surface area contributed by atoms with E-state index in [9.17, 15) is 14.3 Å². The van der Waals surface area contributed by atoms with Crippen LogP contribution in [0, 0.1) is 5.82 Å². The molecule has 3 aromatic rings. The number of halogens is 1. The van der Waals surface area contributed by atoms with E-state index < -0.39 is 17.5 Å². The minimum Gasteiger partial charge on any atom is -0.448 e. The maximum absolute atomic E-state index is 13.8. The highest BCUT2D eigenvalue weighted by Crippen LogP contribution is 2.45. The molecule has 1 aliphatic carbocycles. The summed E-state index contributed by atoms with van der Waals surface area (Å²) in [5, 5.41) is 11.4. The maximum atomic E-state index is 13.8. The first kappa shape index (κ1) is 21.3. The molecule has 6 nitrogen and oxygen atoms in total. The second-order valence-corrected chi connectivity index (χ2v) is 9.39. The molecule has 34 heavy (non-hydrogen) atoms. The third kappa shape index (κ3) is 3.47. The number of benzene rings is 2. The zero-order chi connectivity index (χ0) is 23.3. The number of hydrogen-bond donors (Lipinski definition) is 1. The predicted octanol–water partition coefficient (Wildman–Crippen LogP) is 4.22. The van der Waals surface area contributed by atoms with Gasteiger partial charge in [-0.15, -0.1) is 0 Å². The van der Waals surface area contributed by atoms with Gasteiger partial charge in [-0.05, 0) is 28.3 Å². The van der Waals surface area contributed by atoms with E-state index in [-0.39, 0.29) is 37.5 Å². The highest BCUT2D eigenvalue weighted by Gasteiger charge is 2.49. The average Bonchev–Trinajstić information content (AvgIpc) is 3.16. The lowest BCUT2D eigenvalue weighted by atomic mass is 9.77. The van der Waals surface area contributed by atoms with Gasteiger partial charge in [0.1, 0.15) is 12.4 Å². The van der Waals surface area contributed by atoms with Gasteiger partial charge in [0.15, 0.2) is 0 Å².